The number of amides is 2. The highest BCUT2D eigenvalue weighted by atomic mass is 35.5. The van der Waals surface area contributed by atoms with Crippen LogP contribution in [0.15, 0.2) is 29.6 Å². The van der Waals surface area contributed by atoms with Crippen LogP contribution >= 0.6 is 22.9 Å². The average Bonchev–Trinajstić information content (AvgIpc) is 3.31. The van der Waals surface area contributed by atoms with Crippen molar-refractivity contribution >= 4 is 45.6 Å². The molecule has 142 valence electrons. The molecule has 6 nitrogen and oxygen atoms in total. The van der Waals surface area contributed by atoms with E-state index in [4.69, 9.17) is 11.6 Å². The molecule has 2 aromatic rings. The maximum Gasteiger partial charge on any atom is 0.228 e. The second-order valence-electron chi connectivity index (χ2n) is 6.77. The van der Waals surface area contributed by atoms with E-state index in [1.807, 2.05) is 34.5 Å². The summed E-state index contributed by atoms with van der Waals surface area (Å²) in [6, 6.07) is 7.79. The number of carbonyl (C=O) groups excluding carboxylic acids is 2. The van der Waals surface area contributed by atoms with Gasteiger partial charge in [0.15, 0.2) is 5.13 Å². The fourth-order valence-electron chi connectivity index (χ4n) is 3.52. The van der Waals surface area contributed by atoms with Gasteiger partial charge in [0.05, 0.1) is 22.8 Å². The quantitative estimate of drug-likeness (QED) is 0.786. The Balaban J connectivity index is 1.33. The minimum absolute atomic E-state index is 0.0819. The monoisotopic (exact) mass is 404 g/mol. The predicted octanol–water partition coefficient (Wildman–Crippen LogP) is 2.81. The van der Waals surface area contributed by atoms with Gasteiger partial charge in [0.2, 0.25) is 11.8 Å². The summed E-state index contributed by atoms with van der Waals surface area (Å²) >= 11 is 7.71. The molecule has 3 heterocycles. The molecule has 2 fully saturated rings. The van der Waals surface area contributed by atoms with E-state index in [-0.39, 0.29) is 18.2 Å². The van der Waals surface area contributed by atoms with Gasteiger partial charge in [-0.05, 0) is 18.6 Å². The van der Waals surface area contributed by atoms with E-state index in [0.29, 0.717) is 24.6 Å². The summed E-state index contributed by atoms with van der Waals surface area (Å²) in [5.74, 6) is 0.205. The van der Waals surface area contributed by atoms with Gasteiger partial charge >= 0.3 is 0 Å². The van der Waals surface area contributed by atoms with E-state index in [0.717, 1.165) is 42.5 Å². The van der Waals surface area contributed by atoms with Crippen LogP contribution in [0.2, 0.25) is 5.02 Å². The van der Waals surface area contributed by atoms with Crippen LogP contribution in [-0.4, -0.2) is 54.4 Å². The summed E-state index contributed by atoms with van der Waals surface area (Å²) in [7, 11) is 0. The van der Waals surface area contributed by atoms with Crippen LogP contribution in [0.1, 0.15) is 18.5 Å². The van der Waals surface area contributed by atoms with Gasteiger partial charge in [-0.1, -0.05) is 23.7 Å². The van der Waals surface area contributed by atoms with Crippen molar-refractivity contribution in [1.29, 1.82) is 0 Å². The fourth-order valence-corrected chi connectivity index (χ4v) is 4.65. The number of halogens is 1. The summed E-state index contributed by atoms with van der Waals surface area (Å²) in [5.41, 5.74) is 1.76. The van der Waals surface area contributed by atoms with E-state index in [2.05, 4.69) is 9.88 Å². The summed E-state index contributed by atoms with van der Waals surface area (Å²) in [4.78, 5) is 34.8. The number of benzene rings is 1. The van der Waals surface area contributed by atoms with Gasteiger partial charge in [0.25, 0.3) is 0 Å². The number of rotatable bonds is 4. The van der Waals surface area contributed by atoms with Crippen LogP contribution in [0.5, 0.6) is 0 Å². The third kappa shape index (κ3) is 3.94. The molecule has 27 heavy (non-hydrogen) atoms. The standard InChI is InChI=1S/C19H21ClN4O2S/c20-15-4-1-2-5-16(15)22-8-10-23(11-9-22)18(26)12-14-13-27-19(21-14)24-7-3-6-17(24)25/h1-2,4-5,13H,3,6-12H2. The molecule has 2 saturated heterocycles. The fraction of sp³-hybridized carbons (Fsp3) is 0.421. The third-order valence-electron chi connectivity index (χ3n) is 5.00. The molecule has 8 heteroatoms. The van der Waals surface area contributed by atoms with E-state index in [1.165, 1.54) is 11.3 Å². The molecule has 0 bridgehead atoms. The summed E-state index contributed by atoms with van der Waals surface area (Å²) in [5, 5.41) is 3.34. The van der Waals surface area contributed by atoms with Gasteiger partial charge < -0.3 is 9.80 Å². The molecular weight excluding hydrogens is 384 g/mol. The number of nitrogens with zero attached hydrogens (tertiary/aromatic N) is 4. The minimum atomic E-state index is 0.0819. The second kappa shape index (κ2) is 7.86. The molecule has 1 aromatic heterocycles. The van der Waals surface area contributed by atoms with Crippen molar-refractivity contribution in [2.75, 3.05) is 42.5 Å². The molecule has 0 atom stereocenters. The average molecular weight is 405 g/mol. The van der Waals surface area contributed by atoms with Crippen molar-refractivity contribution in [3.05, 3.63) is 40.4 Å². The third-order valence-corrected chi connectivity index (χ3v) is 6.23. The molecule has 0 unspecified atom stereocenters. The Kier molecular flexibility index (Phi) is 5.31. The van der Waals surface area contributed by atoms with Crippen molar-refractivity contribution in [2.24, 2.45) is 0 Å². The number of piperazine rings is 1. The second-order valence-corrected chi connectivity index (χ2v) is 8.01. The molecular formula is C19H21ClN4O2S. The molecule has 2 amide bonds. The molecule has 2 aliphatic heterocycles. The van der Waals surface area contributed by atoms with E-state index in [9.17, 15) is 9.59 Å². The van der Waals surface area contributed by atoms with Crippen LogP contribution in [0.25, 0.3) is 0 Å². The smallest absolute Gasteiger partial charge is 0.228 e. The Morgan fingerprint density at radius 2 is 1.93 bits per heavy atom. The van der Waals surface area contributed by atoms with Crippen molar-refractivity contribution < 1.29 is 9.59 Å². The lowest BCUT2D eigenvalue weighted by Gasteiger charge is -2.36. The van der Waals surface area contributed by atoms with Crippen LogP contribution in [0.3, 0.4) is 0 Å². The van der Waals surface area contributed by atoms with E-state index < -0.39 is 0 Å². The van der Waals surface area contributed by atoms with Crippen LogP contribution in [0.4, 0.5) is 10.8 Å². The predicted molar refractivity (Wildman–Crippen MR) is 108 cm³/mol. The number of anilines is 2. The van der Waals surface area contributed by atoms with Gasteiger partial charge in [0.1, 0.15) is 0 Å². The lowest BCUT2D eigenvalue weighted by atomic mass is 10.2. The van der Waals surface area contributed by atoms with Crippen LogP contribution in [0, 0.1) is 0 Å². The van der Waals surface area contributed by atoms with Gasteiger partial charge in [-0.15, -0.1) is 11.3 Å². The highest BCUT2D eigenvalue weighted by molar-refractivity contribution is 7.14. The summed E-state index contributed by atoms with van der Waals surface area (Å²) in [6.45, 7) is 3.60. The molecule has 0 N–H and O–H groups in total. The lowest BCUT2D eigenvalue weighted by Crippen LogP contribution is -2.49. The first-order chi connectivity index (χ1) is 13.1. The van der Waals surface area contributed by atoms with Crippen molar-refractivity contribution in [3.63, 3.8) is 0 Å². The first-order valence-electron chi connectivity index (χ1n) is 9.14. The Bertz CT molecular complexity index is 848. The Morgan fingerprint density at radius 3 is 2.63 bits per heavy atom. The Hall–Kier alpha value is -2.12. The summed E-state index contributed by atoms with van der Waals surface area (Å²) in [6.07, 6.45) is 1.75. The normalized spacial score (nSPS) is 17.7. The zero-order valence-electron chi connectivity index (χ0n) is 14.9. The zero-order chi connectivity index (χ0) is 18.8. The maximum absolute atomic E-state index is 12.6. The van der Waals surface area contributed by atoms with Gasteiger partial charge in [0, 0.05) is 44.5 Å². The Labute approximate surface area is 167 Å². The number of carbonyl (C=O) groups is 2. The molecule has 0 radical (unpaired) electrons. The number of aromatic nitrogens is 1. The van der Waals surface area contributed by atoms with Crippen LogP contribution in [-0.2, 0) is 16.0 Å². The van der Waals surface area contributed by atoms with E-state index in [1.54, 1.807) is 4.90 Å². The number of para-hydroxylation sites is 1. The van der Waals surface area contributed by atoms with Crippen molar-refractivity contribution in [3.8, 4) is 0 Å². The number of thiazole rings is 1. The molecule has 0 aliphatic carbocycles. The first kappa shape index (κ1) is 18.3. The SMILES string of the molecule is O=C(Cc1csc(N2CCCC2=O)n1)N1CCN(c2ccccc2Cl)CC1. The number of hydrogen-bond donors (Lipinski definition) is 0. The molecule has 1 aromatic carbocycles. The molecule has 4 rings (SSSR count). The van der Waals surface area contributed by atoms with Crippen molar-refractivity contribution in [2.45, 2.75) is 19.3 Å². The molecule has 2 aliphatic rings. The highest BCUT2D eigenvalue weighted by Gasteiger charge is 2.26. The van der Waals surface area contributed by atoms with Gasteiger partial charge in [-0.25, -0.2) is 4.98 Å². The zero-order valence-corrected chi connectivity index (χ0v) is 16.5. The lowest BCUT2D eigenvalue weighted by molar-refractivity contribution is -0.130. The van der Waals surface area contributed by atoms with Gasteiger partial charge in [-0.2, -0.15) is 0 Å². The summed E-state index contributed by atoms with van der Waals surface area (Å²) < 4.78 is 0. The minimum Gasteiger partial charge on any atom is -0.367 e. The van der Waals surface area contributed by atoms with Gasteiger partial charge in [-0.3, -0.25) is 14.5 Å². The van der Waals surface area contributed by atoms with Crippen molar-refractivity contribution in [1.82, 2.24) is 9.88 Å². The Morgan fingerprint density at radius 1 is 1.15 bits per heavy atom. The number of hydrogen-bond acceptors (Lipinski definition) is 5. The van der Waals surface area contributed by atoms with E-state index >= 15 is 0 Å². The topological polar surface area (TPSA) is 56.8 Å². The highest BCUT2D eigenvalue weighted by Crippen LogP contribution is 2.27. The first-order valence-corrected chi connectivity index (χ1v) is 10.4. The maximum atomic E-state index is 12.6. The molecule has 0 saturated carbocycles. The molecule has 0 spiro atoms. The van der Waals surface area contributed by atoms with Crippen LogP contribution < -0.4 is 9.80 Å². The largest absolute Gasteiger partial charge is 0.367 e.